The summed E-state index contributed by atoms with van der Waals surface area (Å²) in [6.07, 6.45) is 1.07. The molecule has 25 heavy (non-hydrogen) atoms. The SMILES string of the molecule is CN=C(NCc1ccc(C(N)=O)cc1)NCC(C)Cc1cccs1.I. The van der Waals surface area contributed by atoms with Crippen molar-refractivity contribution in [1.82, 2.24) is 10.6 Å². The number of benzene rings is 1. The van der Waals surface area contributed by atoms with Crippen LogP contribution in [0.3, 0.4) is 0 Å². The molecule has 1 atom stereocenters. The average molecular weight is 472 g/mol. The fourth-order valence-electron chi connectivity index (χ4n) is 2.31. The van der Waals surface area contributed by atoms with Gasteiger partial charge in [-0.3, -0.25) is 9.79 Å². The van der Waals surface area contributed by atoms with E-state index in [2.05, 4.69) is 40.1 Å². The maximum absolute atomic E-state index is 11.1. The second-order valence-electron chi connectivity index (χ2n) is 5.76. The molecular formula is C18H25IN4OS. The summed E-state index contributed by atoms with van der Waals surface area (Å²) in [4.78, 5) is 16.7. The van der Waals surface area contributed by atoms with Gasteiger partial charge in [-0.15, -0.1) is 35.3 Å². The second-order valence-corrected chi connectivity index (χ2v) is 6.79. The Bertz CT molecular complexity index is 671. The number of aliphatic imine (C=N–C) groups is 1. The third-order valence-electron chi connectivity index (χ3n) is 3.67. The third kappa shape index (κ3) is 7.43. The van der Waals surface area contributed by atoms with Crippen LogP contribution >= 0.6 is 35.3 Å². The van der Waals surface area contributed by atoms with Gasteiger partial charge in [-0.2, -0.15) is 0 Å². The molecule has 1 aromatic heterocycles. The van der Waals surface area contributed by atoms with Gasteiger partial charge in [-0.1, -0.05) is 25.1 Å². The predicted octanol–water partition coefficient (Wildman–Crippen LogP) is 3.01. The van der Waals surface area contributed by atoms with E-state index < -0.39 is 5.91 Å². The lowest BCUT2D eigenvalue weighted by Crippen LogP contribution is -2.39. The van der Waals surface area contributed by atoms with Crippen LogP contribution in [0.2, 0.25) is 0 Å². The minimum absolute atomic E-state index is 0. The van der Waals surface area contributed by atoms with Crippen LogP contribution in [0, 0.1) is 5.92 Å². The number of rotatable bonds is 7. The largest absolute Gasteiger partial charge is 0.366 e. The number of halogens is 1. The molecule has 0 aliphatic heterocycles. The number of primary amides is 1. The van der Waals surface area contributed by atoms with E-state index in [1.807, 2.05) is 12.1 Å². The van der Waals surface area contributed by atoms with Crippen molar-refractivity contribution in [2.24, 2.45) is 16.6 Å². The van der Waals surface area contributed by atoms with Gasteiger partial charge in [0, 0.05) is 30.6 Å². The average Bonchev–Trinajstić information content (AvgIpc) is 3.08. The lowest BCUT2D eigenvalue weighted by molar-refractivity contribution is 0.100. The third-order valence-corrected chi connectivity index (χ3v) is 4.57. The molecule has 1 amide bonds. The van der Waals surface area contributed by atoms with Crippen molar-refractivity contribution in [2.75, 3.05) is 13.6 Å². The van der Waals surface area contributed by atoms with Crippen molar-refractivity contribution >= 4 is 47.2 Å². The van der Waals surface area contributed by atoms with Crippen LogP contribution in [-0.4, -0.2) is 25.5 Å². The lowest BCUT2D eigenvalue weighted by Gasteiger charge is -2.15. The Hall–Kier alpha value is -1.61. The zero-order valence-corrected chi connectivity index (χ0v) is 17.6. The summed E-state index contributed by atoms with van der Waals surface area (Å²) in [7, 11) is 1.76. The quantitative estimate of drug-likeness (QED) is 0.329. The summed E-state index contributed by atoms with van der Waals surface area (Å²) >= 11 is 1.80. The minimum atomic E-state index is -0.410. The van der Waals surface area contributed by atoms with E-state index in [-0.39, 0.29) is 24.0 Å². The summed E-state index contributed by atoms with van der Waals surface area (Å²) in [5.74, 6) is 0.885. The number of carbonyl (C=O) groups is 1. The number of nitrogens with one attached hydrogen (secondary N) is 2. The standard InChI is InChI=1S/C18H24N4OS.HI/c1-13(10-16-4-3-9-24-16)11-21-18(20-2)22-12-14-5-7-15(8-6-14)17(19)23;/h3-9,13H,10-12H2,1-2H3,(H2,19,23)(H2,20,21,22);1H. The molecule has 0 aliphatic rings. The van der Waals surface area contributed by atoms with Crippen LogP contribution in [-0.2, 0) is 13.0 Å². The Labute approximate surface area is 170 Å². The topological polar surface area (TPSA) is 79.5 Å². The Morgan fingerprint density at radius 3 is 2.52 bits per heavy atom. The monoisotopic (exact) mass is 472 g/mol. The highest BCUT2D eigenvalue weighted by Gasteiger charge is 2.06. The normalized spacial score (nSPS) is 12.2. The first-order chi connectivity index (χ1) is 11.6. The van der Waals surface area contributed by atoms with Gasteiger partial charge in [0.15, 0.2) is 5.96 Å². The second kappa shape index (κ2) is 11.1. The molecule has 0 bridgehead atoms. The van der Waals surface area contributed by atoms with E-state index >= 15 is 0 Å². The van der Waals surface area contributed by atoms with Crippen LogP contribution in [0.1, 0.15) is 27.7 Å². The number of guanidine groups is 1. The molecule has 2 rings (SSSR count). The molecule has 0 saturated carbocycles. The van der Waals surface area contributed by atoms with Crippen LogP contribution < -0.4 is 16.4 Å². The summed E-state index contributed by atoms with van der Waals surface area (Å²) in [6.45, 7) is 3.72. The summed E-state index contributed by atoms with van der Waals surface area (Å²) < 4.78 is 0. The Balaban J connectivity index is 0.00000312. The zero-order chi connectivity index (χ0) is 17.4. The predicted molar refractivity (Wildman–Crippen MR) is 116 cm³/mol. The fraction of sp³-hybridized carbons (Fsp3) is 0.333. The van der Waals surface area contributed by atoms with Crippen LogP contribution in [0.4, 0.5) is 0 Å². The van der Waals surface area contributed by atoms with Crippen LogP contribution in [0.15, 0.2) is 46.8 Å². The van der Waals surface area contributed by atoms with Gasteiger partial charge in [0.2, 0.25) is 5.91 Å². The highest BCUT2D eigenvalue weighted by atomic mass is 127. The summed E-state index contributed by atoms with van der Waals surface area (Å²) in [6, 6.07) is 11.5. The smallest absolute Gasteiger partial charge is 0.248 e. The molecule has 1 aromatic carbocycles. The van der Waals surface area contributed by atoms with Crippen molar-refractivity contribution in [1.29, 1.82) is 0 Å². The first kappa shape index (κ1) is 21.4. The molecule has 0 radical (unpaired) electrons. The van der Waals surface area contributed by atoms with Gasteiger partial charge in [0.1, 0.15) is 0 Å². The van der Waals surface area contributed by atoms with Crippen molar-refractivity contribution in [2.45, 2.75) is 19.9 Å². The molecule has 0 saturated heterocycles. The van der Waals surface area contributed by atoms with E-state index in [0.29, 0.717) is 18.0 Å². The van der Waals surface area contributed by atoms with Crippen LogP contribution in [0.25, 0.3) is 0 Å². The summed E-state index contributed by atoms with van der Waals surface area (Å²) in [5, 5.41) is 8.74. The van der Waals surface area contributed by atoms with Gasteiger partial charge < -0.3 is 16.4 Å². The molecule has 2 aromatic rings. The van der Waals surface area contributed by atoms with E-state index in [1.165, 1.54) is 4.88 Å². The van der Waals surface area contributed by atoms with Gasteiger partial charge >= 0.3 is 0 Å². The highest BCUT2D eigenvalue weighted by Crippen LogP contribution is 2.13. The first-order valence-electron chi connectivity index (χ1n) is 7.94. The van der Waals surface area contributed by atoms with Gasteiger partial charge in [-0.05, 0) is 41.5 Å². The number of nitrogens with zero attached hydrogens (tertiary/aromatic N) is 1. The number of hydrogen-bond donors (Lipinski definition) is 3. The highest BCUT2D eigenvalue weighted by molar-refractivity contribution is 14.0. The number of nitrogens with two attached hydrogens (primary N) is 1. The zero-order valence-electron chi connectivity index (χ0n) is 14.5. The Morgan fingerprint density at radius 1 is 1.24 bits per heavy atom. The molecule has 0 spiro atoms. The molecule has 0 aliphatic carbocycles. The van der Waals surface area contributed by atoms with Crippen molar-refractivity contribution in [3.05, 3.63) is 57.8 Å². The molecule has 7 heteroatoms. The molecule has 1 heterocycles. The minimum Gasteiger partial charge on any atom is -0.366 e. The van der Waals surface area contributed by atoms with Gasteiger partial charge in [-0.25, -0.2) is 0 Å². The van der Waals surface area contributed by atoms with Crippen LogP contribution in [0.5, 0.6) is 0 Å². The maximum Gasteiger partial charge on any atom is 0.248 e. The van der Waals surface area contributed by atoms with E-state index in [9.17, 15) is 4.79 Å². The molecule has 0 fully saturated rings. The fourth-order valence-corrected chi connectivity index (χ4v) is 3.18. The Kier molecular flexibility index (Phi) is 9.51. The van der Waals surface area contributed by atoms with Gasteiger partial charge in [0.25, 0.3) is 0 Å². The van der Waals surface area contributed by atoms with Gasteiger partial charge in [0.05, 0.1) is 0 Å². The molecule has 4 N–H and O–H groups in total. The molecular weight excluding hydrogens is 447 g/mol. The number of thiophene rings is 1. The van der Waals surface area contributed by atoms with Crippen molar-refractivity contribution < 1.29 is 4.79 Å². The lowest BCUT2D eigenvalue weighted by atomic mass is 10.1. The summed E-state index contributed by atoms with van der Waals surface area (Å²) in [5.41, 5.74) is 6.82. The van der Waals surface area contributed by atoms with Crippen molar-refractivity contribution in [3.63, 3.8) is 0 Å². The number of amides is 1. The van der Waals surface area contributed by atoms with E-state index in [1.54, 1.807) is 30.5 Å². The van der Waals surface area contributed by atoms with E-state index in [4.69, 9.17) is 5.73 Å². The maximum atomic E-state index is 11.1. The van der Waals surface area contributed by atoms with E-state index in [0.717, 1.165) is 24.5 Å². The number of carbonyl (C=O) groups excluding carboxylic acids is 1. The molecule has 1 unspecified atom stereocenters. The molecule has 5 nitrogen and oxygen atoms in total. The first-order valence-corrected chi connectivity index (χ1v) is 8.82. The Morgan fingerprint density at radius 2 is 1.96 bits per heavy atom. The van der Waals surface area contributed by atoms with Crippen molar-refractivity contribution in [3.8, 4) is 0 Å². The number of hydrogen-bond acceptors (Lipinski definition) is 3. The molecule has 136 valence electrons.